The Labute approximate surface area is 172 Å². The fourth-order valence-electron chi connectivity index (χ4n) is 3.52. The molecule has 0 spiro atoms. The number of β-amino-alcohol motifs (C(OH)–C–C–N with tert-alkyl or cyclic N) is 1. The molecule has 0 aromatic heterocycles. The van der Waals surface area contributed by atoms with E-state index in [1.54, 1.807) is 12.1 Å². The van der Waals surface area contributed by atoms with Crippen LogP contribution in [0.25, 0.3) is 0 Å². The number of aryl methyl sites for hydroxylation is 1. The van der Waals surface area contributed by atoms with Crippen LogP contribution in [-0.2, 0) is 4.79 Å². The number of carbonyl (C=O) groups excluding carboxylic acids is 2. The Hall–Kier alpha value is -3.20. The van der Waals surface area contributed by atoms with Crippen LogP contribution in [-0.4, -0.2) is 54.8 Å². The highest BCUT2D eigenvalue weighted by atomic mass is 19.1. The number of ether oxygens (including phenoxy) is 1. The lowest BCUT2D eigenvalue weighted by atomic mass is 9.93. The average Bonchev–Trinajstić information content (AvgIpc) is 2.99. The van der Waals surface area contributed by atoms with Crippen molar-refractivity contribution < 1.29 is 28.2 Å². The molecule has 0 saturated carbocycles. The molecular formula is C21H23F2N3O4. The maximum absolute atomic E-state index is 14.7. The van der Waals surface area contributed by atoms with Crippen molar-refractivity contribution in [1.29, 1.82) is 0 Å². The van der Waals surface area contributed by atoms with E-state index in [1.165, 1.54) is 12.0 Å². The minimum Gasteiger partial charge on any atom is -0.497 e. The fraction of sp³-hybridized carbons (Fsp3) is 0.333. The summed E-state index contributed by atoms with van der Waals surface area (Å²) in [7, 11) is 1.29. The Kier molecular flexibility index (Phi) is 6.51. The van der Waals surface area contributed by atoms with Crippen molar-refractivity contribution in [3.05, 3.63) is 59.2 Å². The minimum atomic E-state index is -1.20. The molecule has 160 valence electrons. The molecule has 3 rings (SSSR count). The normalized spacial score (nSPS) is 18.4. The van der Waals surface area contributed by atoms with E-state index in [0.29, 0.717) is 5.69 Å². The lowest BCUT2D eigenvalue weighted by Crippen LogP contribution is -2.45. The number of hydrogen-bond acceptors (Lipinski definition) is 4. The number of amides is 3. The summed E-state index contributed by atoms with van der Waals surface area (Å²) in [5.41, 5.74) is 1.21. The number of rotatable bonds is 6. The third-order valence-electron chi connectivity index (χ3n) is 5.02. The lowest BCUT2D eigenvalue weighted by molar-refractivity contribution is -0.129. The summed E-state index contributed by atoms with van der Waals surface area (Å²) >= 11 is 0. The monoisotopic (exact) mass is 419 g/mol. The number of aliphatic hydroxyl groups is 1. The van der Waals surface area contributed by atoms with Crippen LogP contribution in [0.15, 0.2) is 36.4 Å². The number of benzene rings is 2. The van der Waals surface area contributed by atoms with E-state index in [9.17, 15) is 23.5 Å². The van der Waals surface area contributed by atoms with Gasteiger partial charge in [0.2, 0.25) is 5.91 Å². The van der Waals surface area contributed by atoms with Gasteiger partial charge >= 0.3 is 6.03 Å². The van der Waals surface area contributed by atoms with E-state index in [4.69, 9.17) is 4.74 Å². The van der Waals surface area contributed by atoms with Gasteiger partial charge in [-0.2, -0.15) is 0 Å². The molecule has 0 bridgehead atoms. The van der Waals surface area contributed by atoms with Gasteiger partial charge in [-0.15, -0.1) is 0 Å². The van der Waals surface area contributed by atoms with Crippen LogP contribution in [0.2, 0.25) is 0 Å². The van der Waals surface area contributed by atoms with Crippen molar-refractivity contribution >= 4 is 17.6 Å². The zero-order valence-electron chi connectivity index (χ0n) is 16.6. The largest absolute Gasteiger partial charge is 0.497 e. The van der Waals surface area contributed by atoms with Crippen molar-refractivity contribution in [2.45, 2.75) is 18.9 Å². The van der Waals surface area contributed by atoms with Gasteiger partial charge in [0.05, 0.1) is 13.7 Å². The second-order valence-electron chi connectivity index (χ2n) is 7.06. The van der Waals surface area contributed by atoms with E-state index >= 15 is 0 Å². The molecule has 1 fully saturated rings. The van der Waals surface area contributed by atoms with Gasteiger partial charge in [0.1, 0.15) is 23.4 Å². The standard InChI is InChI=1S/C21H23F2N3O4/c1-12-3-5-13(6-4-12)24-21(29)25-19-15(11-26(7-8-27)20(19)28)18-16(22)9-14(30-2)10-17(18)23/h3-6,9-10,15,19,27H,7-8,11H2,1-2H3,(H2,24,25,29)/t15-,19-/m0/s1. The van der Waals surface area contributed by atoms with Crippen molar-refractivity contribution in [1.82, 2.24) is 10.2 Å². The number of urea groups is 1. The SMILES string of the molecule is COc1cc(F)c([C@@H]2CN(CCO)C(=O)[C@H]2NC(=O)Nc2ccc(C)cc2)c(F)c1. The number of halogens is 2. The average molecular weight is 419 g/mol. The highest BCUT2D eigenvalue weighted by molar-refractivity contribution is 5.95. The van der Waals surface area contributed by atoms with Gasteiger partial charge in [0, 0.05) is 42.4 Å². The molecule has 2 atom stereocenters. The van der Waals surface area contributed by atoms with Crippen molar-refractivity contribution in [2.24, 2.45) is 0 Å². The number of methoxy groups -OCH3 is 1. The summed E-state index contributed by atoms with van der Waals surface area (Å²) in [5.74, 6) is -3.24. The number of carbonyl (C=O) groups is 2. The number of anilines is 1. The Morgan fingerprint density at radius 1 is 1.23 bits per heavy atom. The Morgan fingerprint density at radius 3 is 2.43 bits per heavy atom. The van der Waals surface area contributed by atoms with Gasteiger partial charge in [-0.05, 0) is 19.1 Å². The molecule has 9 heteroatoms. The molecule has 2 aromatic rings. The van der Waals surface area contributed by atoms with E-state index in [-0.39, 0.29) is 31.0 Å². The Bertz CT molecular complexity index is 913. The van der Waals surface area contributed by atoms with Crippen LogP contribution in [0, 0.1) is 18.6 Å². The van der Waals surface area contributed by atoms with Crippen LogP contribution in [0.1, 0.15) is 17.0 Å². The summed E-state index contributed by atoms with van der Waals surface area (Å²) in [6.07, 6.45) is 0. The van der Waals surface area contributed by atoms with Gasteiger partial charge in [0.15, 0.2) is 0 Å². The topological polar surface area (TPSA) is 90.9 Å². The molecule has 1 aliphatic rings. The Balaban J connectivity index is 1.86. The fourth-order valence-corrected chi connectivity index (χ4v) is 3.52. The number of likely N-dealkylation sites (tertiary alicyclic amines) is 1. The molecule has 1 saturated heterocycles. The maximum Gasteiger partial charge on any atom is 0.319 e. The van der Waals surface area contributed by atoms with Crippen LogP contribution < -0.4 is 15.4 Å². The zero-order valence-corrected chi connectivity index (χ0v) is 16.6. The summed E-state index contributed by atoms with van der Waals surface area (Å²) in [4.78, 5) is 26.5. The second kappa shape index (κ2) is 9.08. The predicted molar refractivity (Wildman–Crippen MR) is 106 cm³/mol. The molecule has 7 nitrogen and oxygen atoms in total. The van der Waals surface area contributed by atoms with E-state index < -0.39 is 35.5 Å². The highest BCUT2D eigenvalue weighted by Gasteiger charge is 2.44. The number of nitrogens with zero attached hydrogens (tertiary/aromatic N) is 1. The molecule has 0 radical (unpaired) electrons. The summed E-state index contributed by atoms with van der Waals surface area (Å²) < 4.78 is 34.2. The molecule has 0 aliphatic carbocycles. The first-order valence-corrected chi connectivity index (χ1v) is 9.40. The number of hydrogen-bond donors (Lipinski definition) is 3. The summed E-state index contributed by atoms with van der Waals surface area (Å²) in [6.45, 7) is 1.54. The third-order valence-corrected chi connectivity index (χ3v) is 5.02. The smallest absolute Gasteiger partial charge is 0.319 e. The van der Waals surface area contributed by atoms with Gasteiger partial charge in [-0.25, -0.2) is 13.6 Å². The van der Waals surface area contributed by atoms with Gasteiger partial charge < -0.3 is 25.4 Å². The first-order valence-electron chi connectivity index (χ1n) is 9.40. The minimum absolute atomic E-state index is 0.00640. The molecule has 2 aromatic carbocycles. The summed E-state index contributed by atoms with van der Waals surface area (Å²) in [5, 5.41) is 14.3. The van der Waals surface area contributed by atoms with Crippen LogP contribution in [0.4, 0.5) is 19.3 Å². The molecule has 3 amide bonds. The van der Waals surface area contributed by atoms with E-state index in [2.05, 4.69) is 10.6 Å². The van der Waals surface area contributed by atoms with Gasteiger partial charge in [-0.3, -0.25) is 4.79 Å². The summed E-state index contributed by atoms with van der Waals surface area (Å²) in [6, 6.07) is 7.20. The first-order chi connectivity index (χ1) is 14.3. The maximum atomic E-state index is 14.7. The Morgan fingerprint density at radius 2 is 1.87 bits per heavy atom. The van der Waals surface area contributed by atoms with Crippen LogP contribution in [0.3, 0.4) is 0 Å². The van der Waals surface area contributed by atoms with Gasteiger partial charge in [-0.1, -0.05) is 17.7 Å². The zero-order chi connectivity index (χ0) is 21.8. The van der Waals surface area contributed by atoms with Crippen LogP contribution in [0.5, 0.6) is 5.75 Å². The molecule has 3 N–H and O–H groups in total. The molecule has 30 heavy (non-hydrogen) atoms. The quantitative estimate of drug-likeness (QED) is 0.671. The third kappa shape index (κ3) is 4.51. The van der Waals surface area contributed by atoms with E-state index in [0.717, 1.165) is 17.7 Å². The van der Waals surface area contributed by atoms with Crippen molar-refractivity contribution in [3.8, 4) is 5.75 Å². The van der Waals surface area contributed by atoms with Crippen LogP contribution >= 0.6 is 0 Å². The second-order valence-corrected chi connectivity index (χ2v) is 7.06. The van der Waals surface area contributed by atoms with Crippen molar-refractivity contribution in [3.63, 3.8) is 0 Å². The molecule has 1 aliphatic heterocycles. The number of nitrogens with one attached hydrogen (secondary N) is 2. The van der Waals surface area contributed by atoms with Gasteiger partial charge in [0.25, 0.3) is 0 Å². The highest BCUT2D eigenvalue weighted by Crippen LogP contribution is 2.34. The molecular weight excluding hydrogens is 396 g/mol. The molecule has 1 heterocycles. The van der Waals surface area contributed by atoms with E-state index in [1.807, 2.05) is 19.1 Å². The number of aliphatic hydroxyl groups excluding tert-OH is 1. The predicted octanol–water partition coefficient (Wildman–Crippen LogP) is 2.39. The lowest BCUT2D eigenvalue weighted by Gasteiger charge is -2.20. The van der Waals surface area contributed by atoms with Crippen molar-refractivity contribution in [2.75, 3.05) is 32.1 Å². The molecule has 0 unspecified atom stereocenters. The first kappa shape index (κ1) is 21.5.